The molecule has 192 valence electrons. The molecule has 0 radical (unpaired) electrons. The minimum absolute atomic E-state index is 0.0413. The fraction of sp³-hybridized carbons (Fsp3) is 0.185. The van der Waals surface area contributed by atoms with Crippen molar-refractivity contribution in [2.45, 2.75) is 19.9 Å². The maximum absolute atomic E-state index is 13.5. The number of phenolic OH excluding ortho intramolecular Hbond substituents is 1. The standard InChI is InChI=1S/C27H22Cl3NO6/c1-4-37-21-10-14(5-8-20(21)32)23-22(24(33)17-11-16(29)12-18(30)26(17)36-3)25(34)27(35)31(23)19-7-6-15(28)9-13(19)2/h5-12,23,32-33H,4H2,1-3H3/b24-22+. The van der Waals surface area contributed by atoms with E-state index in [-0.39, 0.29) is 45.0 Å². The van der Waals surface area contributed by atoms with Gasteiger partial charge in [-0.2, -0.15) is 0 Å². The quantitative estimate of drug-likeness (QED) is 0.197. The number of amides is 1. The molecule has 1 saturated heterocycles. The molecule has 10 heteroatoms. The molecule has 0 spiro atoms. The summed E-state index contributed by atoms with van der Waals surface area (Å²) in [5.74, 6) is -2.20. The molecule has 4 rings (SSSR count). The number of benzene rings is 3. The van der Waals surface area contributed by atoms with Crippen LogP contribution in [0.5, 0.6) is 17.2 Å². The first-order chi connectivity index (χ1) is 17.6. The van der Waals surface area contributed by atoms with Crippen LogP contribution in [0.1, 0.15) is 29.7 Å². The van der Waals surface area contributed by atoms with E-state index in [1.807, 2.05) is 0 Å². The van der Waals surface area contributed by atoms with E-state index in [4.69, 9.17) is 44.3 Å². The predicted molar refractivity (Wildman–Crippen MR) is 143 cm³/mol. The highest BCUT2D eigenvalue weighted by atomic mass is 35.5. The number of carbonyl (C=O) groups excluding carboxylic acids is 2. The van der Waals surface area contributed by atoms with Gasteiger partial charge in [0, 0.05) is 15.7 Å². The molecule has 2 N–H and O–H groups in total. The lowest BCUT2D eigenvalue weighted by Crippen LogP contribution is -2.30. The third kappa shape index (κ3) is 4.82. The van der Waals surface area contributed by atoms with Crippen molar-refractivity contribution >= 4 is 57.9 Å². The van der Waals surface area contributed by atoms with Crippen molar-refractivity contribution < 1.29 is 29.3 Å². The number of halogens is 3. The van der Waals surface area contributed by atoms with Crippen molar-refractivity contribution in [3.05, 3.63) is 85.9 Å². The monoisotopic (exact) mass is 561 g/mol. The SMILES string of the molecule is CCOc1cc(C2/C(=C(\O)c3cc(Cl)cc(Cl)c3OC)C(=O)C(=O)N2c2ccc(Cl)cc2C)ccc1O. The van der Waals surface area contributed by atoms with Crippen LogP contribution in [-0.4, -0.2) is 35.6 Å². The van der Waals surface area contributed by atoms with Crippen molar-refractivity contribution in [1.82, 2.24) is 0 Å². The summed E-state index contributed by atoms with van der Waals surface area (Å²) in [6, 6.07) is 11.1. The number of ether oxygens (including phenoxy) is 2. The summed E-state index contributed by atoms with van der Waals surface area (Å²) in [4.78, 5) is 28.2. The zero-order valence-corrected chi connectivity index (χ0v) is 22.3. The molecular weight excluding hydrogens is 541 g/mol. The summed E-state index contributed by atoms with van der Waals surface area (Å²) in [5.41, 5.74) is 1.27. The summed E-state index contributed by atoms with van der Waals surface area (Å²) >= 11 is 18.6. The Morgan fingerprint density at radius 2 is 1.76 bits per heavy atom. The highest BCUT2D eigenvalue weighted by Crippen LogP contribution is 2.47. The lowest BCUT2D eigenvalue weighted by molar-refractivity contribution is -0.132. The largest absolute Gasteiger partial charge is 0.507 e. The van der Waals surface area contributed by atoms with E-state index in [0.29, 0.717) is 21.8 Å². The Morgan fingerprint density at radius 1 is 1.03 bits per heavy atom. The average Bonchev–Trinajstić information content (AvgIpc) is 3.10. The predicted octanol–water partition coefficient (Wildman–Crippen LogP) is 6.69. The summed E-state index contributed by atoms with van der Waals surface area (Å²) in [6.45, 7) is 3.77. The van der Waals surface area contributed by atoms with Crippen molar-refractivity contribution in [3.63, 3.8) is 0 Å². The minimum atomic E-state index is -1.10. The number of aryl methyl sites for hydroxylation is 1. The van der Waals surface area contributed by atoms with Gasteiger partial charge in [0.1, 0.15) is 11.5 Å². The van der Waals surface area contributed by atoms with Crippen LogP contribution in [0, 0.1) is 6.92 Å². The van der Waals surface area contributed by atoms with Gasteiger partial charge in [-0.25, -0.2) is 0 Å². The second-order valence-corrected chi connectivity index (χ2v) is 9.51. The first-order valence-electron chi connectivity index (χ1n) is 11.1. The summed E-state index contributed by atoms with van der Waals surface area (Å²) < 4.78 is 10.9. The number of hydrogen-bond donors (Lipinski definition) is 2. The van der Waals surface area contributed by atoms with E-state index in [1.54, 1.807) is 38.1 Å². The highest BCUT2D eigenvalue weighted by Gasteiger charge is 2.48. The number of methoxy groups -OCH3 is 1. The van der Waals surface area contributed by atoms with E-state index < -0.39 is 23.5 Å². The summed E-state index contributed by atoms with van der Waals surface area (Å²) in [7, 11) is 1.35. The first-order valence-corrected chi connectivity index (χ1v) is 12.3. The lowest BCUT2D eigenvalue weighted by Gasteiger charge is -2.27. The molecule has 3 aromatic rings. The zero-order chi connectivity index (χ0) is 27.0. The molecule has 0 saturated carbocycles. The molecule has 1 aliphatic rings. The number of hydrogen-bond acceptors (Lipinski definition) is 6. The van der Waals surface area contributed by atoms with Crippen LogP contribution in [0.3, 0.4) is 0 Å². The van der Waals surface area contributed by atoms with Crippen LogP contribution in [0.4, 0.5) is 5.69 Å². The normalized spacial score (nSPS) is 16.8. The third-order valence-electron chi connectivity index (χ3n) is 5.93. The fourth-order valence-electron chi connectivity index (χ4n) is 4.35. The first kappa shape index (κ1) is 26.7. The molecule has 0 bridgehead atoms. The fourth-order valence-corrected chi connectivity index (χ4v) is 5.14. The van der Waals surface area contributed by atoms with Gasteiger partial charge in [-0.3, -0.25) is 14.5 Å². The van der Waals surface area contributed by atoms with Gasteiger partial charge in [0.25, 0.3) is 11.7 Å². The molecule has 0 aromatic heterocycles. The molecule has 1 amide bonds. The number of aliphatic hydroxyl groups excluding tert-OH is 1. The Balaban J connectivity index is 2.04. The van der Waals surface area contributed by atoms with Gasteiger partial charge >= 0.3 is 0 Å². The molecule has 37 heavy (non-hydrogen) atoms. The van der Waals surface area contributed by atoms with Gasteiger partial charge in [0.2, 0.25) is 0 Å². The van der Waals surface area contributed by atoms with Crippen LogP contribution < -0.4 is 14.4 Å². The number of nitrogens with zero attached hydrogens (tertiary/aromatic N) is 1. The van der Waals surface area contributed by atoms with E-state index in [2.05, 4.69) is 0 Å². The second-order valence-electron chi connectivity index (χ2n) is 8.23. The lowest BCUT2D eigenvalue weighted by atomic mass is 9.94. The van der Waals surface area contributed by atoms with E-state index in [1.165, 1.54) is 36.3 Å². The Hall–Kier alpha value is -3.39. The topological polar surface area (TPSA) is 96.3 Å². The average molecular weight is 563 g/mol. The zero-order valence-electron chi connectivity index (χ0n) is 20.0. The number of carbonyl (C=O) groups is 2. The van der Waals surface area contributed by atoms with Crippen LogP contribution in [0.15, 0.2) is 54.1 Å². The number of phenols is 1. The number of aliphatic hydroxyl groups is 1. The van der Waals surface area contributed by atoms with E-state index in [9.17, 15) is 19.8 Å². The Labute approximate surface area is 228 Å². The van der Waals surface area contributed by atoms with Crippen LogP contribution >= 0.6 is 34.8 Å². The van der Waals surface area contributed by atoms with Crippen molar-refractivity contribution in [3.8, 4) is 17.2 Å². The van der Waals surface area contributed by atoms with Crippen molar-refractivity contribution in [2.75, 3.05) is 18.6 Å². The third-order valence-corrected chi connectivity index (χ3v) is 6.66. The summed E-state index contributed by atoms with van der Waals surface area (Å²) in [5, 5.41) is 22.5. The smallest absolute Gasteiger partial charge is 0.300 e. The van der Waals surface area contributed by atoms with Gasteiger partial charge in [-0.05, 0) is 67.4 Å². The molecule has 1 unspecified atom stereocenters. The Morgan fingerprint density at radius 3 is 2.41 bits per heavy atom. The maximum atomic E-state index is 13.5. The Kier molecular flexibility index (Phi) is 7.59. The molecule has 1 atom stereocenters. The number of rotatable bonds is 6. The molecule has 7 nitrogen and oxygen atoms in total. The van der Waals surface area contributed by atoms with Crippen molar-refractivity contribution in [2.24, 2.45) is 0 Å². The highest BCUT2D eigenvalue weighted by molar-refractivity contribution is 6.52. The summed E-state index contributed by atoms with van der Waals surface area (Å²) in [6.07, 6.45) is 0. The number of ketones is 1. The van der Waals surface area contributed by atoms with Gasteiger partial charge in [0.15, 0.2) is 11.5 Å². The molecule has 3 aromatic carbocycles. The number of Topliss-reactive ketones (excluding diaryl/α,β-unsaturated/α-hetero) is 1. The second kappa shape index (κ2) is 10.5. The van der Waals surface area contributed by atoms with Crippen LogP contribution in [0.2, 0.25) is 15.1 Å². The Bertz CT molecular complexity index is 1450. The van der Waals surface area contributed by atoms with Crippen LogP contribution in [0.25, 0.3) is 5.76 Å². The van der Waals surface area contributed by atoms with Gasteiger partial charge in [0.05, 0.1) is 35.9 Å². The van der Waals surface area contributed by atoms with Gasteiger partial charge in [-0.15, -0.1) is 0 Å². The number of aromatic hydroxyl groups is 1. The van der Waals surface area contributed by atoms with Gasteiger partial charge in [-0.1, -0.05) is 40.9 Å². The van der Waals surface area contributed by atoms with Gasteiger partial charge < -0.3 is 19.7 Å². The molecule has 0 aliphatic carbocycles. The van der Waals surface area contributed by atoms with Crippen molar-refractivity contribution in [1.29, 1.82) is 0 Å². The molecule has 1 heterocycles. The van der Waals surface area contributed by atoms with E-state index >= 15 is 0 Å². The van der Waals surface area contributed by atoms with Crippen LogP contribution in [-0.2, 0) is 9.59 Å². The maximum Gasteiger partial charge on any atom is 0.300 e. The number of anilines is 1. The molecular formula is C27H22Cl3NO6. The molecule has 1 fully saturated rings. The molecule has 1 aliphatic heterocycles. The van der Waals surface area contributed by atoms with E-state index in [0.717, 1.165) is 0 Å². The minimum Gasteiger partial charge on any atom is -0.507 e.